The fourth-order valence-corrected chi connectivity index (χ4v) is 1.68. The molecule has 2 aromatic rings. The second-order valence-electron chi connectivity index (χ2n) is 4.20. The maximum Gasteiger partial charge on any atom is 0.331 e. The first kappa shape index (κ1) is 13.8. The summed E-state index contributed by atoms with van der Waals surface area (Å²) in [5.41, 5.74) is 0.911. The Hall–Kier alpha value is -2.63. The number of rotatable bonds is 4. The molecule has 0 unspecified atom stereocenters. The third kappa shape index (κ3) is 3.23. The maximum atomic E-state index is 12.0. The monoisotopic (exact) mass is 272 g/mol. The third-order valence-corrected chi connectivity index (χ3v) is 2.69. The van der Waals surface area contributed by atoms with E-state index in [0.29, 0.717) is 17.8 Å². The molecule has 2 amide bonds. The largest absolute Gasteiger partial charge is 0.352 e. The highest BCUT2D eigenvalue weighted by Crippen LogP contribution is 2.15. The molecule has 0 aliphatic rings. The molecule has 0 saturated heterocycles. The molecule has 1 aromatic heterocycles. The normalized spacial score (nSPS) is 10.1. The molecule has 1 heterocycles. The van der Waals surface area contributed by atoms with Crippen molar-refractivity contribution < 1.29 is 9.59 Å². The van der Waals surface area contributed by atoms with Gasteiger partial charge in [0.05, 0.1) is 11.3 Å². The van der Waals surface area contributed by atoms with E-state index in [0.717, 1.165) is 6.42 Å². The lowest BCUT2D eigenvalue weighted by Gasteiger charge is -2.11. The highest BCUT2D eigenvalue weighted by Gasteiger charge is 2.12. The second kappa shape index (κ2) is 6.51. The Bertz CT molecular complexity index is 593. The summed E-state index contributed by atoms with van der Waals surface area (Å²) in [7, 11) is 0. The minimum atomic E-state index is -0.363. The van der Waals surface area contributed by atoms with Crippen LogP contribution in [-0.4, -0.2) is 28.0 Å². The number of hydrogen-bond donors (Lipinski definition) is 2. The summed E-state index contributed by atoms with van der Waals surface area (Å²) >= 11 is 0. The smallest absolute Gasteiger partial charge is 0.331 e. The number of para-hydroxylation sites is 1. The lowest BCUT2D eigenvalue weighted by molar-refractivity contribution is 0.0954. The highest BCUT2D eigenvalue weighted by molar-refractivity contribution is 6.03. The van der Waals surface area contributed by atoms with Gasteiger partial charge in [-0.2, -0.15) is 0 Å². The summed E-state index contributed by atoms with van der Waals surface area (Å²) in [6.45, 7) is 2.58. The van der Waals surface area contributed by atoms with Crippen LogP contribution in [0.15, 0.2) is 43.0 Å². The van der Waals surface area contributed by atoms with E-state index in [1.54, 1.807) is 24.3 Å². The van der Waals surface area contributed by atoms with E-state index in [2.05, 4.69) is 15.6 Å². The molecule has 0 fully saturated rings. The lowest BCUT2D eigenvalue weighted by atomic mass is 10.1. The Balaban J connectivity index is 2.15. The molecule has 2 N–H and O–H groups in total. The number of hydrogen-bond acceptors (Lipinski definition) is 3. The highest BCUT2D eigenvalue weighted by atomic mass is 16.2. The number of carbonyl (C=O) groups excluding carboxylic acids is 2. The van der Waals surface area contributed by atoms with Crippen LogP contribution >= 0.6 is 0 Å². The van der Waals surface area contributed by atoms with Crippen LogP contribution in [-0.2, 0) is 0 Å². The number of aromatic nitrogens is 2. The van der Waals surface area contributed by atoms with Crippen LogP contribution in [0.1, 0.15) is 23.7 Å². The minimum absolute atomic E-state index is 0.201. The number of benzene rings is 1. The number of anilines is 1. The molecule has 0 aliphatic heterocycles. The summed E-state index contributed by atoms with van der Waals surface area (Å²) in [5.74, 6) is -0.201. The van der Waals surface area contributed by atoms with Gasteiger partial charge in [0.25, 0.3) is 5.91 Å². The first-order valence-corrected chi connectivity index (χ1v) is 6.39. The van der Waals surface area contributed by atoms with Crippen molar-refractivity contribution in [3.05, 3.63) is 48.5 Å². The Morgan fingerprint density at radius 2 is 2.10 bits per heavy atom. The number of imidazole rings is 1. The lowest BCUT2D eigenvalue weighted by Crippen LogP contribution is -2.26. The van der Waals surface area contributed by atoms with Crippen LogP contribution in [0.5, 0.6) is 0 Å². The minimum Gasteiger partial charge on any atom is -0.352 e. The summed E-state index contributed by atoms with van der Waals surface area (Å²) in [5, 5.41) is 5.48. The van der Waals surface area contributed by atoms with E-state index in [4.69, 9.17) is 0 Å². The predicted molar refractivity (Wildman–Crippen MR) is 75.7 cm³/mol. The fourth-order valence-electron chi connectivity index (χ4n) is 1.68. The molecule has 104 valence electrons. The van der Waals surface area contributed by atoms with Gasteiger partial charge < -0.3 is 10.6 Å². The third-order valence-electron chi connectivity index (χ3n) is 2.69. The van der Waals surface area contributed by atoms with Crippen molar-refractivity contribution >= 4 is 17.6 Å². The molecule has 0 atom stereocenters. The molecule has 0 bridgehead atoms. The van der Waals surface area contributed by atoms with Crippen molar-refractivity contribution in [2.75, 3.05) is 11.9 Å². The molecule has 1 aromatic carbocycles. The molecule has 20 heavy (non-hydrogen) atoms. The van der Waals surface area contributed by atoms with E-state index in [9.17, 15) is 9.59 Å². The van der Waals surface area contributed by atoms with Gasteiger partial charge in [-0.15, -0.1) is 0 Å². The van der Waals surface area contributed by atoms with Crippen LogP contribution in [0.25, 0.3) is 0 Å². The maximum absolute atomic E-state index is 12.0. The van der Waals surface area contributed by atoms with Crippen LogP contribution in [0.2, 0.25) is 0 Å². The zero-order valence-electron chi connectivity index (χ0n) is 11.2. The molecule has 6 heteroatoms. The molecule has 0 saturated carbocycles. The summed E-state index contributed by atoms with van der Waals surface area (Å²) in [4.78, 5) is 27.8. The Kier molecular flexibility index (Phi) is 4.49. The molecule has 2 rings (SSSR count). The number of nitrogens with one attached hydrogen (secondary N) is 2. The van der Waals surface area contributed by atoms with Gasteiger partial charge in [-0.3, -0.25) is 9.36 Å². The number of carbonyl (C=O) groups is 2. The van der Waals surface area contributed by atoms with Crippen LogP contribution in [0.3, 0.4) is 0 Å². The molecular weight excluding hydrogens is 256 g/mol. The summed E-state index contributed by atoms with van der Waals surface area (Å²) in [6.07, 6.45) is 5.30. The van der Waals surface area contributed by atoms with Gasteiger partial charge in [-0.25, -0.2) is 9.78 Å². The quantitative estimate of drug-likeness (QED) is 0.895. The van der Waals surface area contributed by atoms with E-state index in [1.165, 1.54) is 23.3 Å². The molecule has 0 aliphatic carbocycles. The van der Waals surface area contributed by atoms with E-state index in [1.807, 2.05) is 6.92 Å². The second-order valence-corrected chi connectivity index (χ2v) is 4.20. The van der Waals surface area contributed by atoms with Crippen LogP contribution in [0, 0.1) is 0 Å². The van der Waals surface area contributed by atoms with E-state index < -0.39 is 0 Å². The van der Waals surface area contributed by atoms with Crippen molar-refractivity contribution in [3.63, 3.8) is 0 Å². The zero-order chi connectivity index (χ0) is 14.4. The molecule has 6 nitrogen and oxygen atoms in total. The molecule has 0 radical (unpaired) electrons. The first-order valence-electron chi connectivity index (χ1n) is 6.39. The fraction of sp³-hybridized carbons (Fsp3) is 0.214. The van der Waals surface area contributed by atoms with E-state index in [-0.39, 0.29) is 11.9 Å². The van der Waals surface area contributed by atoms with Crippen molar-refractivity contribution in [3.8, 4) is 0 Å². The first-order chi connectivity index (χ1) is 9.72. The van der Waals surface area contributed by atoms with E-state index >= 15 is 0 Å². The Morgan fingerprint density at radius 1 is 1.30 bits per heavy atom. The van der Waals surface area contributed by atoms with Gasteiger partial charge in [0.2, 0.25) is 0 Å². The van der Waals surface area contributed by atoms with Crippen molar-refractivity contribution in [2.24, 2.45) is 0 Å². The van der Waals surface area contributed by atoms with Gasteiger partial charge >= 0.3 is 6.03 Å². The van der Waals surface area contributed by atoms with Crippen LogP contribution in [0.4, 0.5) is 10.5 Å². The summed E-state index contributed by atoms with van der Waals surface area (Å²) in [6, 6.07) is 6.52. The number of amides is 2. The van der Waals surface area contributed by atoms with Crippen molar-refractivity contribution in [2.45, 2.75) is 13.3 Å². The summed E-state index contributed by atoms with van der Waals surface area (Å²) < 4.78 is 1.31. The van der Waals surface area contributed by atoms with Crippen LogP contribution < -0.4 is 10.6 Å². The average molecular weight is 272 g/mol. The average Bonchev–Trinajstić information content (AvgIpc) is 2.99. The van der Waals surface area contributed by atoms with Gasteiger partial charge in [0.15, 0.2) is 0 Å². The standard InChI is InChI=1S/C14H16N4O2/c1-2-7-16-13(19)11-5-3-4-6-12(11)17-14(20)18-9-8-15-10-18/h3-6,8-10H,2,7H2,1H3,(H,16,19)(H,17,20). The van der Waals surface area contributed by atoms with Gasteiger partial charge in [0.1, 0.15) is 6.33 Å². The molecule has 0 spiro atoms. The van der Waals surface area contributed by atoms with Gasteiger partial charge in [0, 0.05) is 18.9 Å². The van der Waals surface area contributed by atoms with Crippen molar-refractivity contribution in [1.82, 2.24) is 14.9 Å². The zero-order valence-corrected chi connectivity index (χ0v) is 11.2. The van der Waals surface area contributed by atoms with Gasteiger partial charge in [-0.05, 0) is 18.6 Å². The Morgan fingerprint density at radius 3 is 2.80 bits per heavy atom. The Labute approximate surface area is 116 Å². The predicted octanol–water partition coefficient (Wildman–Crippen LogP) is 2.10. The topological polar surface area (TPSA) is 76.0 Å². The number of nitrogens with zero attached hydrogens (tertiary/aromatic N) is 2. The SMILES string of the molecule is CCCNC(=O)c1ccccc1NC(=O)n1ccnc1. The van der Waals surface area contributed by atoms with Gasteiger partial charge in [-0.1, -0.05) is 19.1 Å². The van der Waals surface area contributed by atoms with Crippen molar-refractivity contribution in [1.29, 1.82) is 0 Å². The molecular formula is C14H16N4O2.